The number of amides is 1. The fourth-order valence-electron chi connectivity index (χ4n) is 3.61. The zero-order chi connectivity index (χ0) is 19.4. The number of carbonyl (C=O) groups excluding carboxylic acids is 3. The summed E-state index contributed by atoms with van der Waals surface area (Å²) in [4.78, 5) is 39.4. The molecule has 1 amide bonds. The summed E-state index contributed by atoms with van der Waals surface area (Å²) in [5.41, 5.74) is 0.516. The molecular formula is C21H21NO5. The molecule has 0 saturated carbocycles. The largest absolute Gasteiger partial charge is 0.469 e. The molecule has 0 fully saturated rings. The minimum atomic E-state index is -1.37. The van der Waals surface area contributed by atoms with Crippen LogP contribution in [0, 0.1) is 0 Å². The first-order valence-corrected chi connectivity index (χ1v) is 8.65. The minimum Gasteiger partial charge on any atom is -0.469 e. The van der Waals surface area contributed by atoms with Crippen LogP contribution in [0.25, 0.3) is 0 Å². The summed E-state index contributed by atoms with van der Waals surface area (Å²) in [5, 5.41) is 0. The molecule has 27 heavy (non-hydrogen) atoms. The van der Waals surface area contributed by atoms with Gasteiger partial charge < -0.3 is 14.4 Å². The predicted octanol–water partition coefficient (Wildman–Crippen LogP) is 2.66. The Bertz CT molecular complexity index is 864. The zero-order valence-electron chi connectivity index (χ0n) is 15.3. The fourth-order valence-corrected chi connectivity index (χ4v) is 3.61. The maximum absolute atomic E-state index is 13.2. The molecule has 0 radical (unpaired) electrons. The van der Waals surface area contributed by atoms with Crippen LogP contribution in [0.3, 0.4) is 0 Å². The topological polar surface area (TPSA) is 72.9 Å². The summed E-state index contributed by atoms with van der Waals surface area (Å²) in [6, 6.07) is 16.4. The van der Waals surface area contributed by atoms with Gasteiger partial charge in [-0.2, -0.15) is 0 Å². The van der Waals surface area contributed by atoms with E-state index in [4.69, 9.17) is 9.47 Å². The Labute approximate surface area is 157 Å². The van der Waals surface area contributed by atoms with Crippen molar-refractivity contribution in [2.45, 2.75) is 24.9 Å². The Morgan fingerprint density at radius 3 is 2.30 bits per heavy atom. The van der Waals surface area contributed by atoms with E-state index in [1.54, 1.807) is 24.3 Å². The third kappa shape index (κ3) is 3.18. The molecule has 0 aliphatic carbocycles. The van der Waals surface area contributed by atoms with Crippen LogP contribution < -0.4 is 0 Å². The van der Waals surface area contributed by atoms with Gasteiger partial charge in [0.1, 0.15) is 0 Å². The summed E-state index contributed by atoms with van der Waals surface area (Å²) in [6.45, 7) is 0.227. The van der Waals surface area contributed by atoms with Gasteiger partial charge >= 0.3 is 11.9 Å². The van der Waals surface area contributed by atoms with E-state index in [0.717, 1.165) is 5.56 Å². The second kappa shape index (κ2) is 7.61. The maximum Gasteiger partial charge on any atom is 0.336 e. The summed E-state index contributed by atoms with van der Waals surface area (Å²) >= 11 is 0. The molecule has 2 aromatic carbocycles. The Kier molecular flexibility index (Phi) is 5.26. The molecule has 140 valence electrons. The summed E-state index contributed by atoms with van der Waals surface area (Å²) < 4.78 is 9.83. The van der Waals surface area contributed by atoms with Crippen molar-refractivity contribution in [1.82, 2.24) is 4.90 Å². The van der Waals surface area contributed by atoms with Crippen LogP contribution in [0.4, 0.5) is 0 Å². The zero-order valence-corrected chi connectivity index (χ0v) is 15.3. The highest BCUT2D eigenvalue weighted by Gasteiger charge is 2.55. The minimum absolute atomic E-state index is 0.0154. The molecule has 0 N–H and O–H groups in total. The van der Waals surface area contributed by atoms with Gasteiger partial charge in [0, 0.05) is 24.1 Å². The summed E-state index contributed by atoms with van der Waals surface area (Å²) in [7, 11) is 2.58. The van der Waals surface area contributed by atoms with Crippen molar-refractivity contribution in [2.75, 3.05) is 14.2 Å². The van der Waals surface area contributed by atoms with E-state index < -0.39 is 17.5 Å². The third-order valence-corrected chi connectivity index (χ3v) is 4.93. The number of methoxy groups -OCH3 is 2. The van der Waals surface area contributed by atoms with E-state index in [0.29, 0.717) is 11.1 Å². The first-order chi connectivity index (χ1) is 13.0. The van der Waals surface area contributed by atoms with Crippen molar-refractivity contribution in [3.8, 4) is 0 Å². The molecule has 3 rings (SSSR count). The van der Waals surface area contributed by atoms with Crippen molar-refractivity contribution >= 4 is 17.8 Å². The maximum atomic E-state index is 13.2. The number of fused-ring (bicyclic) bond motifs is 1. The van der Waals surface area contributed by atoms with Gasteiger partial charge in [-0.3, -0.25) is 9.59 Å². The van der Waals surface area contributed by atoms with Gasteiger partial charge in [-0.25, -0.2) is 4.79 Å². The molecule has 0 saturated heterocycles. The monoisotopic (exact) mass is 367 g/mol. The smallest absolute Gasteiger partial charge is 0.336 e. The number of rotatable bonds is 6. The number of nitrogens with zero attached hydrogens (tertiary/aromatic N) is 1. The molecule has 1 heterocycles. The van der Waals surface area contributed by atoms with Crippen LogP contribution in [0.1, 0.15) is 34.3 Å². The second-order valence-electron chi connectivity index (χ2n) is 6.35. The number of hydrogen-bond acceptors (Lipinski definition) is 5. The molecule has 1 atom stereocenters. The van der Waals surface area contributed by atoms with Gasteiger partial charge in [0.05, 0.1) is 14.2 Å². The normalized spacial score (nSPS) is 18.1. The van der Waals surface area contributed by atoms with Gasteiger partial charge in [0.15, 0.2) is 5.54 Å². The molecule has 0 spiro atoms. The number of esters is 2. The number of ether oxygens (including phenoxy) is 2. The highest BCUT2D eigenvalue weighted by atomic mass is 16.5. The van der Waals surface area contributed by atoms with Crippen molar-refractivity contribution in [2.24, 2.45) is 0 Å². The van der Waals surface area contributed by atoms with Gasteiger partial charge in [0.2, 0.25) is 0 Å². The molecule has 1 aliphatic heterocycles. The van der Waals surface area contributed by atoms with Crippen molar-refractivity contribution < 1.29 is 23.9 Å². The lowest BCUT2D eigenvalue weighted by atomic mass is 9.84. The van der Waals surface area contributed by atoms with E-state index >= 15 is 0 Å². The molecule has 1 unspecified atom stereocenters. The van der Waals surface area contributed by atoms with Crippen LogP contribution in [0.2, 0.25) is 0 Å². The molecule has 1 aliphatic rings. The lowest BCUT2D eigenvalue weighted by Crippen LogP contribution is -2.50. The highest BCUT2D eigenvalue weighted by Crippen LogP contribution is 2.44. The Morgan fingerprint density at radius 2 is 1.63 bits per heavy atom. The van der Waals surface area contributed by atoms with Crippen LogP contribution in [-0.2, 0) is 31.1 Å². The Morgan fingerprint density at radius 1 is 0.963 bits per heavy atom. The standard InChI is InChI=1S/C21H21NO5/c1-26-18(23)12-13-21(20(25)27-2)17-11-7-6-10-16(17)19(24)22(21)14-15-8-4-3-5-9-15/h3-11H,12-14H2,1-2H3. The number of hydrogen-bond donors (Lipinski definition) is 0. The first kappa shape index (κ1) is 18.6. The van der Waals surface area contributed by atoms with E-state index in [9.17, 15) is 14.4 Å². The van der Waals surface area contributed by atoms with Crippen LogP contribution in [0.5, 0.6) is 0 Å². The van der Waals surface area contributed by atoms with Gasteiger partial charge in [-0.1, -0.05) is 48.5 Å². The summed E-state index contributed by atoms with van der Waals surface area (Å²) in [5.74, 6) is -1.28. The molecule has 0 aromatic heterocycles. The van der Waals surface area contributed by atoms with Gasteiger partial charge in [-0.15, -0.1) is 0 Å². The number of benzene rings is 2. The molecule has 0 bridgehead atoms. The average Bonchev–Trinajstić information content (AvgIpc) is 2.95. The molecule has 6 nitrogen and oxygen atoms in total. The molecule has 6 heteroatoms. The quantitative estimate of drug-likeness (QED) is 0.734. The SMILES string of the molecule is COC(=O)CCC1(C(=O)OC)c2ccccc2C(=O)N1Cc1ccccc1. The third-order valence-electron chi connectivity index (χ3n) is 4.93. The lowest BCUT2D eigenvalue weighted by molar-refractivity contribution is -0.156. The van der Waals surface area contributed by atoms with E-state index in [-0.39, 0.29) is 25.3 Å². The van der Waals surface area contributed by atoms with Gasteiger partial charge in [-0.05, 0) is 18.1 Å². The van der Waals surface area contributed by atoms with Crippen LogP contribution in [0.15, 0.2) is 54.6 Å². The fraction of sp³-hybridized carbons (Fsp3) is 0.286. The van der Waals surface area contributed by atoms with Crippen molar-refractivity contribution in [3.05, 3.63) is 71.3 Å². The van der Waals surface area contributed by atoms with E-state index in [2.05, 4.69) is 0 Å². The first-order valence-electron chi connectivity index (χ1n) is 8.65. The Balaban J connectivity index is 2.11. The second-order valence-corrected chi connectivity index (χ2v) is 6.35. The molecule has 2 aromatic rings. The van der Waals surface area contributed by atoms with Gasteiger partial charge in [0.25, 0.3) is 5.91 Å². The van der Waals surface area contributed by atoms with E-state index in [1.165, 1.54) is 19.1 Å². The molecular weight excluding hydrogens is 346 g/mol. The summed E-state index contributed by atoms with van der Waals surface area (Å²) in [6.07, 6.45) is 0.0699. The van der Waals surface area contributed by atoms with Crippen molar-refractivity contribution in [3.63, 3.8) is 0 Å². The van der Waals surface area contributed by atoms with Crippen LogP contribution >= 0.6 is 0 Å². The lowest BCUT2D eigenvalue weighted by Gasteiger charge is -2.36. The van der Waals surface area contributed by atoms with Crippen LogP contribution in [-0.4, -0.2) is 37.0 Å². The predicted molar refractivity (Wildman–Crippen MR) is 97.7 cm³/mol. The Hall–Kier alpha value is -3.15. The van der Waals surface area contributed by atoms with Crippen molar-refractivity contribution in [1.29, 1.82) is 0 Å². The average molecular weight is 367 g/mol. The highest BCUT2D eigenvalue weighted by molar-refractivity contribution is 6.06. The number of carbonyl (C=O) groups is 3. The van der Waals surface area contributed by atoms with E-state index in [1.807, 2.05) is 30.3 Å².